The quantitative estimate of drug-likeness (QED) is 0.165. The predicted octanol–water partition coefficient (Wildman–Crippen LogP) is 13.9. The Kier molecular flexibility index (Phi) is 8.50. The second-order valence-electron chi connectivity index (χ2n) is 19.8. The molecule has 62 heavy (non-hydrogen) atoms. The van der Waals surface area contributed by atoms with Crippen molar-refractivity contribution in [3.05, 3.63) is 161 Å². The minimum Gasteiger partial charge on any atom is -0.458 e. The summed E-state index contributed by atoms with van der Waals surface area (Å²) in [5, 5.41) is 3.75. The highest BCUT2D eigenvalue weighted by molar-refractivity contribution is 7.33. The summed E-state index contributed by atoms with van der Waals surface area (Å²) in [6, 6.07) is 50.2. The van der Waals surface area contributed by atoms with E-state index in [0.717, 1.165) is 34.2 Å². The number of ether oxygens (including phenoxy) is 1. The Bertz CT molecular complexity index is 3220. The van der Waals surface area contributed by atoms with Gasteiger partial charge >= 0.3 is 0 Å². The van der Waals surface area contributed by atoms with Crippen LogP contribution in [-0.4, -0.2) is 11.3 Å². The minimum atomic E-state index is -0.0632. The van der Waals surface area contributed by atoms with Crippen LogP contribution < -0.4 is 30.2 Å². The maximum absolute atomic E-state index is 7.40. The molecule has 0 bridgehead atoms. The van der Waals surface area contributed by atoms with Gasteiger partial charge in [-0.3, -0.25) is 0 Å². The number of para-hydroxylation sites is 1. The van der Waals surface area contributed by atoms with E-state index in [2.05, 4.69) is 217 Å². The molecule has 0 atom stereocenters. The zero-order valence-electron chi connectivity index (χ0n) is 37.4. The molecule has 0 saturated heterocycles. The van der Waals surface area contributed by atoms with Crippen LogP contribution in [-0.2, 0) is 17.9 Å². The average molecular weight is 826 g/mol. The molecule has 0 fully saturated rings. The highest BCUT2D eigenvalue weighted by Crippen LogP contribution is 2.50. The smallest absolute Gasteiger partial charge is 0.271 e. The largest absolute Gasteiger partial charge is 0.458 e. The first-order chi connectivity index (χ1) is 29.7. The fourth-order valence-electron chi connectivity index (χ4n) is 10.0. The van der Waals surface area contributed by atoms with Crippen molar-refractivity contribution in [1.29, 1.82) is 0 Å². The Hall–Kier alpha value is -6.24. The Labute approximate surface area is 370 Å². The van der Waals surface area contributed by atoms with Crippen LogP contribution in [0.25, 0.3) is 31.9 Å². The molecule has 6 heteroatoms. The van der Waals surface area contributed by atoms with Crippen molar-refractivity contribution in [1.82, 2.24) is 4.57 Å². The third-order valence-electron chi connectivity index (χ3n) is 13.3. The molecule has 0 radical (unpaired) electrons. The van der Waals surface area contributed by atoms with E-state index in [9.17, 15) is 0 Å². The molecule has 0 unspecified atom stereocenters. The summed E-state index contributed by atoms with van der Waals surface area (Å²) in [5.41, 5.74) is 18.1. The average Bonchev–Trinajstić information content (AvgIpc) is 3.76. The Morgan fingerprint density at radius 3 is 1.85 bits per heavy atom. The number of hydrogen-bond acceptors (Lipinski definition) is 4. The van der Waals surface area contributed by atoms with Gasteiger partial charge in [-0.25, -0.2) is 0 Å². The van der Waals surface area contributed by atoms with Gasteiger partial charge in [0.25, 0.3) is 6.71 Å². The molecule has 7 aromatic carbocycles. The summed E-state index contributed by atoms with van der Waals surface area (Å²) in [6.45, 7) is 20.3. The molecular weight excluding hydrogens is 774 g/mol. The number of fused-ring (bicyclic) bond motifs is 10. The Balaban J connectivity index is 1.26. The third-order valence-corrected chi connectivity index (χ3v) is 14.5. The van der Waals surface area contributed by atoms with E-state index in [1.807, 2.05) is 11.3 Å². The lowest BCUT2D eigenvalue weighted by Crippen LogP contribution is -2.59. The zero-order valence-corrected chi connectivity index (χ0v) is 38.3. The van der Waals surface area contributed by atoms with E-state index < -0.39 is 0 Å². The molecule has 4 nitrogen and oxygen atoms in total. The highest BCUT2D eigenvalue weighted by Gasteiger charge is 2.46. The summed E-state index contributed by atoms with van der Waals surface area (Å²) in [4.78, 5) is 4.98. The van der Waals surface area contributed by atoms with Crippen LogP contribution in [0.15, 0.2) is 133 Å². The third kappa shape index (κ3) is 5.86. The second-order valence-corrected chi connectivity index (χ2v) is 20.8. The number of hydrogen-bond donors (Lipinski definition) is 0. The molecule has 11 rings (SSSR count). The lowest BCUT2D eigenvalue weighted by Gasteiger charge is -2.40. The number of rotatable bonds is 4. The maximum Gasteiger partial charge on any atom is 0.271 e. The minimum absolute atomic E-state index is 0.00368. The van der Waals surface area contributed by atoms with Gasteiger partial charge in [0, 0.05) is 72.5 Å². The first-order valence-electron chi connectivity index (χ1n) is 21.9. The number of aryl methyl sites for hydroxylation is 4. The van der Waals surface area contributed by atoms with Gasteiger partial charge in [-0.15, -0.1) is 11.3 Å². The number of aromatic nitrogens is 1. The lowest BCUT2D eigenvalue weighted by atomic mass is 9.36. The molecule has 2 aliphatic heterocycles. The van der Waals surface area contributed by atoms with Crippen LogP contribution in [0.1, 0.15) is 69.4 Å². The molecule has 0 spiro atoms. The first kappa shape index (κ1) is 38.7. The van der Waals surface area contributed by atoms with Crippen molar-refractivity contribution in [3.63, 3.8) is 0 Å². The SMILES string of the molecule is Cc1ccc(N(c2ccc(C)cc2)c2cc3c(c4c2c2ccccc2n4C)B2c4sc5ccc(C(C)(C)C)cc5c4N(c4ccc(C(C)(C)C)cc4)c4cc(C)cc(c42)O3)cc1. The van der Waals surface area contributed by atoms with Gasteiger partial charge in [0.1, 0.15) is 11.5 Å². The van der Waals surface area contributed by atoms with Crippen molar-refractivity contribution in [2.45, 2.75) is 73.1 Å². The van der Waals surface area contributed by atoms with Gasteiger partial charge in [0.15, 0.2) is 0 Å². The van der Waals surface area contributed by atoms with Crippen molar-refractivity contribution >= 4 is 99.8 Å². The van der Waals surface area contributed by atoms with Gasteiger partial charge in [-0.1, -0.05) is 113 Å². The number of nitrogens with zero attached hydrogens (tertiary/aromatic N) is 3. The summed E-state index contributed by atoms with van der Waals surface area (Å²) in [6.07, 6.45) is 0. The van der Waals surface area contributed by atoms with E-state index in [-0.39, 0.29) is 17.5 Å². The fourth-order valence-corrected chi connectivity index (χ4v) is 11.3. The Morgan fingerprint density at radius 2 is 1.21 bits per heavy atom. The number of benzene rings is 7. The van der Waals surface area contributed by atoms with Gasteiger partial charge < -0.3 is 19.1 Å². The Morgan fingerprint density at radius 1 is 0.597 bits per heavy atom. The number of thiophene rings is 1. The number of anilines is 6. The molecule has 2 aromatic heterocycles. The van der Waals surface area contributed by atoms with Crippen LogP contribution in [0.4, 0.5) is 34.1 Å². The monoisotopic (exact) mass is 825 g/mol. The van der Waals surface area contributed by atoms with E-state index in [1.54, 1.807) is 0 Å². The molecule has 0 aliphatic carbocycles. The van der Waals surface area contributed by atoms with E-state index in [4.69, 9.17) is 4.74 Å². The van der Waals surface area contributed by atoms with Crippen molar-refractivity contribution in [2.75, 3.05) is 9.80 Å². The molecule has 0 amide bonds. The lowest BCUT2D eigenvalue weighted by molar-refractivity contribution is 0.487. The normalized spacial score (nSPS) is 13.4. The fraction of sp³-hybridized carbons (Fsp3) is 0.214. The van der Waals surface area contributed by atoms with Gasteiger partial charge in [0.2, 0.25) is 0 Å². The van der Waals surface area contributed by atoms with Gasteiger partial charge in [-0.2, -0.15) is 0 Å². The first-order valence-corrected chi connectivity index (χ1v) is 22.7. The standard InChI is InChI=1S/C56H52BN3OS/c1-33-15-22-38(23-16-33)59(39-24-17-34(2)18-25-39)44-32-47-51(53-49(44)41-13-11-12-14-43(41)58(53)10)57-50-45(29-35(3)30-46(50)61-47)60(40-26-19-36(20-27-40)55(4,5)6)52-42-31-37(56(7,8)9)21-28-48(42)62-54(52)57/h11-32H,1-10H3. The summed E-state index contributed by atoms with van der Waals surface area (Å²) < 4.78 is 12.5. The molecule has 0 N–H and O–H groups in total. The predicted molar refractivity (Wildman–Crippen MR) is 268 cm³/mol. The zero-order chi connectivity index (χ0) is 43.0. The molecule has 2 aliphatic rings. The van der Waals surface area contributed by atoms with Crippen molar-refractivity contribution in [3.8, 4) is 11.5 Å². The molecule has 9 aromatic rings. The highest BCUT2D eigenvalue weighted by atomic mass is 32.1. The molecule has 306 valence electrons. The van der Waals surface area contributed by atoms with E-state index >= 15 is 0 Å². The summed E-state index contributed by atoms with van der Waals surface area (Å²) in [7, 11) is 2.25. The van der Waals surface area contributed by atoms with Crippen molar-refractivity contribution < 1.29 is 4.74 Å². The maximum atomic E-state index is 7.40. The molecule has 0 saturated carbocycles. The summed E-state index contributed by atoms with van der Waals surface area (Å²) >= 11 is 1.94. The van der Waals surface area contributed by atoms with Crippen LogP contribution in [0.3, 0.4) is 0 Å². The van der Waals surface area contributed by atoms with Gasteiger partial charge in [0.05, 0.1) is 11.4 Å². The second kappa shape index (κ2) is 13.6. The molecular formula is C56H52BN3OS. The topological polar surface area (TPSA) is 20.6 Å². The van der Waals surface area contributed by atoms with E-state index in [0.29, 0.717) is 0 Å². The van der Waals surface area contributed by atoms with Crippen LogP contribution in [0.2, 0.25) is 0 Å². The van der Waals surface area contributed by atoms with Crippen LogP contribution in [0, 0.1) is 20.8 Å². The van der Waals surface area contributed by atoms with Gasteiger partial charge in [-0.05, 0) is 126 Å². The van der Waals surface area contributed by atoms with Crippen LogP contribution in [0.5, 0.6) is 11.5 Å². The van der Waals surface area contributed by atoms with Crippen LogP contribution >= 0.6 is 11.3 Å². The summed E-state index contributed by atoms with van der Waals surface area (Å²) in [5.74, 6) is 1.83. The van der Waals surface area contributed by atoms with E-state index in [1.165, 1.54) is 86.8 Å². The molecule has 4 heterocycles. The van der Waals surface area contributed by atoms with Crippen molar-refractivity contribution in [2.24, 2.45) is 7.05 Å².